The number of anilines is 2. The monoisotopic (exact) mass is 575 g/mol. The highest BCUT2D eigenvalue weighted by atomic mass is 28.4. The maximum atomic E-state index is 14.5. The number of carbonyl (C=O) groups excluding carboxylic acids is 2. The Kier molecular flexibility index (Phi) is 7.09. The number of rotatable bonds is 9. The van der Waals surface area contributed by atoms with E-state index in [1.807, 2.05) is 74.7 Å². The average Bonchev–Trinajstić information content (AvgIpc) is 3.57. The van der Waals surface area contributed by atoms with E-state index in [4.69, 9.17) is 4.74 Å². The number of aliphatic hydroxyl groups is 1. The second-order valence-electron chi connectivity index (χ2n) is 12.0. The molecule has 1 spiro atoms. The van der Waals surface area contributed by atoms with E-state index >= 15 is 0 Å². The van der Waals surface area contributed by atoms with Crippen molar-refractivity contribution in [3.63, 3.8) is 0 Å². The number of hydrogen-bond donors (Lipinski definition) is 2. The van der Waals surface area contributed by atoms with Gasteiger partial charge in [-0.2, -0.15) is 0 Å². The van der Waals surface area contributed by atoms with Crippen molar-refractivity contribution in [1.29, 1.82) is 0 Å². The van der Waals surface area contributed by atoms with E-state index in [9.17, 15) is 19.5 Å². The summed E-state index contributed by atoms with van der Waals surface area (Å²) in [6.07, 6.45) is 3.04. The molecule has 3 aliphatic heterocycles. The Bertz CT molecular complexity index is 1470. The molecule has 0 aliphatic carbocycles. The molecule has 3 aliphatic rings. The third-order valence-electron chi connectivity index (χ3n) is 8.90. The minimum atomic E-state index is -2.77. The number of benzene rings is 2. The van der Waals surface area contributed by atoms with Crippen molar-refractivity contribution < 1.29 is 24.2 Å². The third kappa shape index (κ3) is 4.70. The second kappa shape index (κ2) is 10.5. The number of aliphatic hydroxyl groups excluding tert-OH is 1. The molecule has 2 fully saturated rings. The number of amides is 2. The van der Waals surface area contributed by atoms with E-state index in [-0.39, 0.29) is 36.0 Å². The van der Waals surface area contributed by atoms with Crippen LogP contribution < -0.4 is 9.80 Å². The number of β-lactam (4-membered cyclic amide) rings is 1. The van der Waals surface area contributed by atoms with Gasteiger partial charge in [0.25, 0.3) is 5.91 Å². The van der Waals surface area contributed by atoms with Crippen molar-refractivity contribution in [2.75, 3.05) is 23.0 Å². The zero-order valence-corrected chi connectivity index (χ0v) is 24.7. The van der Waals surface area contributed by atoms with Gasteiger partial charge in [-0.1, -0.05) is 42.5 Å². The van der Waals surface area contributed by atoms with E-state index in [0.29, 0.717) is 38.9 Å². The summed E-state index contributed by atoms with van der Waals surface area (Å²) in [5.74, 6) is -0.253. The molecule has 2 saturated heterocycles. The van der Waals surface area contributed by atoms with Crippen molar-refractivity contribution >= 4 is 31.5 Å². The van der Waals surface area contributed by atoms with Gasteiger partial charge in [0, 0.05) is 61.4 Å². The fourth-order valence-corrected chi connectivity index (χ4v) is 9.59. The van der Waals surface area contributed by atoms with Crippen LogP contribution in [0.3, 0.4) is 0 Å². The van der Waals surface area contributed by atoms with Crippen molar-refractivity contribution in [3.8, 4) is 0 Å². The van der Waals surface area contributed by atoms with E-state index in [0.717, 1.165) is 28.2 Å². The SMILES string of the molecule is C[C@H]1[C@H]([Si](C)(C)O)[C@@H](CCn2cc(CCO)nn2)O[C@]12C(=O)N(Cc1cccc(N3CCC3=O)c1)c1ccccc12. The Morgan fingerprint density at radius 1 is 1.15 bits per heavy atom. The normalized spacial score (nSPS) is 25.7. The molecule has 0 bridgehead atoms. The summed E-state index contributed by atoms with van der Waals surface area (Å²) in [4.78, 5) is 41.6. The second-order valence-corrected chi connectivity index (χ2v) is 15.9. The molecule has 41 heavy (non-hydrogen) atoms. The first-order valence-electron chi connectivity index (χ1n) is 14.3. The summed E-state index contributed by atoms with van der Waals surface area (Å²) in [7, 11) is -2.77. The number of nitrogens with zero attached hydrogens (tertiary/aromatic N) is 5. The van der Waals surface area contributed by atoms with Crippen molar-refractivity contribution in [3.05, 3.63) is 71.5 Å². The van der Waals surface area contributed by atoms with Crippen LogP contribution in [0.5, 0.6) is 0 Å². The lowest BCUT2D eigenvalue weighted by Crippen LogP contribution is -2.46. The number of aromatic nitrogens is 3. The Labute approximate surface area is 240 Å². The molecule has 3 aromatic rings. The van der Waals surface area contributed by atoms with Crippen LogP contribution in [0.1, 0.15) is 36.6 Å². The minimum Gasteiger partial charge on any atom is -0.432 e. The number of carbonyl (C=O) groups is 2. The lowest BCUT2D eigenvalue weighted by atomic mass is 9.82. The summed E-state index contributed by atoms with van der Waals surface area (Å²) in [5, 5.41) is 17.5. The van der Waals surface area contributed by atoms with Crippen LogP contribution in [0, 0.1) is 5.92 Å². The standard InChI is InChI=1S/C30H37N5O5Si/c1-20-28(41(2,3)39)26(11-14-33-19-22(13-16-36)31-32-33)40-30(20)24-9-4-5-10-25(24)35(29(30)38)18-21-7-6-8-23(17-21)34-15-12-27(34)37/h4-10,17,19-20,26,28,36,39H,11-16,18H2,1-3H3/t20-,26+,28-,30+/m0/s1. The van der Waals surface area contributed by atoms with Gasteiger partial charge in [-0.15, -0.1) is 5.10 Å². The Hall–Kier alpha value is -3.38. The van der Waals surface area contributed by atoms with Gasteiger partial charge in [0.1, 0.15) is 0 Å². The van der Waals surface area contributed by atoms with Crippen LogP contribution in [-0.4, -0.2) is 64.3 Å². The smallest absolute Gasteiger partial charge is 0.264 e. The summed E-state index contributed by atoms with van der Waals surface area (Å²) >= 11 is 0. The first-order valence-corrected chi connectivity index (χ1v) is 17.4. The maximum absolute atomic E-state index is 14.5. The first-order chi connectivity index (χ1) is 19.6. The zero-order chi connectivity index (χ0) is 28.9. The Balaban J connectivity index is 1.31. The molecule has 11 heteroatoms. The fraction of sp³-hybridized carbons (Fsp3) is 0.467. The first kappa shape index (κ1) is 27.8. The van der Waals surface area contributed by atoms with E-state index in [1.54, 1.807) is 14.5 Å². The van der Waals surface area contributed by atoms with Crippen LogP contribution in [-0.2, 0) is 39.4 Å². The quantitative estimate of drug-likeness (QED) is 0.297. The Morgan fingerprint density at radius 3 is 2.66 bits per heavy atom. The molecule has 4 heterocycles. The molecule has 2 N–H and O–H groups in total. The van der Waals surface area contributed by atoms with Crippen LogP contribution in [0.2, 0.25) is 18.6 Å². The van der Waals surface area contributed by atoms with E-state index in [1.165, 1.54) is 0 Å². The molecule has 0 saturated carbocycles. The minimum absolute atomic E-state index is 0.00946. The van der Waals surface area contributed by atoms with Gasteiger partial charge >= 0.3 is 0 Å². The van der Waals surface area contributed by atoms with Crippen LogP contribution >= 0.6 is 0 Å². The molecule has 2 aromatic carbocycles. The zero-order valence-electron chi connectivity index (χ0n) is 23.7. The van der Waals surface area contributed by atoms with Gasteiger partial charge in [0.05, 0.1) is 24.0 Å². The Morgan fingerprint density at radius 2 is 1.95 bits per heavy atom. The highest BCUT2D eigenvalue weighted by Gasteiger charge is 2.66. The molecule has 216 valence electrons. The highest BCUT2D eigenvalue weighted by molar-refractivity contribution is 6.71. The number of hydrogen-bond acceptors (Lipinski definition) is 7. The van der Waals surface area contributed by atoms with Gasteiger partial charge < -0.3 is 24.4 Å². The van der Waals surface area contributed by atoms with E-state index < -0.39 is 13.9 Å². The number of aryl methyl sites for hydroxylation is 1. The largest absolute Gasteiger partial charge is 0.432 e. The topological polar surface area (TPSA) is 121 Å². The number of ether oxygens (including phenoxy) is 1. The molecule has 4 atom stereocenters. The van der Waals surface area contributed by atoms with Crippen molar-refractivity contribution in [1.82, 2.24) is 15.0 Å². The maximum Gasteiger partial charge on any atom is 0.264 e. The number of fused-ring (bicyclic) bond motifs is 2. The van der Waals surface area contributed by atoms with Gasteiger partial charge in [-0.3, -0.25) is 14.3 Å². The molecule has 0 radical (unpaired) electrons. The molecule has 2 amide bonds. The summed E-state index contributed by atoms with van der Waals surface area (Å²) < 4.78 is 8.61. The van der Waals surface area contributed by atoms with Gasteiger partial charge in [-0.05, 0) is 43.3 Å². The van der Waals surface area contributed by atoms with Crippen LogP contribution in [0.25, 0.3) is 0 Å². The average molecular weight is 576 g/mol. The van der Waals surface area contributed by atoms with E-state index in [2.05, 4.69) is 10.3 Å². The summed E-state index contributed by atoms with van der Waals surface area (Å²) in [6, 6.07) is 15.6. The predicted molar refractivity (Wildman–Crippen MR) is 156 cm³/mol. The lowest BCUT2D eigenvalue weighted by molar-refractivity contribution is -0.146. The molecular formula is C30H37N5O5Si. The molecule has 10 nitrogen and oxygen atoms in total. The van der Waals surface area contributed by atoms with Crippen molar-refractivity contribution in [2.24, 2.45) is 5.92 Å². The van der Waals surface area contributed by atoms with Gasteiger partial charge in [0.2, 0.25) is 5.91 Å². The van der Waals surface area contributed by atoms with Gasteiger partial charge in [0.15, 0.2) is 13.9 Å². The summed E-state index contributed by atoms with van der Waals surface area (Å²) in [6.45, 7) is 7.48. The predicted octanol–water partition coefficient (Wildman–Crippen LogP) is 2.98. The van der Waals surface area contributed by atoms with Crippen molar-refractivity contribution in [2.45, 2.75) is 69.6 Å². The molecule has 0 unspecified atom stereocenters. The summed E-state index contributed by atoms with van der Waals surface area (Å²) in [5.41, 5.74) is 2.77. The third-order valence-corrected chi connectivity index (χ3v) is 11.4. The van der Waals surface area contributed by atoms with Crippen LogP contribution in [0.15, 0.2) is 54.7 Å². The fourth-order valence-electron chi connectivity index (χ4n) is 6.99. The van der Waals surface area contributed by atoms with Gasteiger partial charge in [-0.25, -0.2) is 0 Å². The molecular weight excluding hydrogens is 538 g/mol. The number of para-hydroxylation sites is 1. The molecule has 6 rings (SSSR count). The lowest BCUT2D eigenvalue weighted by Gasteiger charge is -2.32. The highest BCUT2D eigenvalue weighted by Crippen LogP contribution is 2.59. The molecule has 1 aromatic heterocycles. The van der Waals surface area contributed by atoms with Crippen LogP contribution in [0.4, 0.5) is 11.4 Å².